The van der Waals surface area contributed by atoms with Gasteiger partial charge in [0, 0.05) is 11.1 Å². The fraction of sp³-hybridized carbons (Fsp3) is 0.125. The second kappa shape index (κ2) is 8.63. The van der Waals surface area contributed by atoms with Gasteiger partial charge in [0.05, 0.1) is 6.61 Å². The van der Waals surface area contributed by atoms with Gasteiger partial charge in [0.2, 0.25) is 0 Å². The Morgan fingerprint density at radius 1 is 0.964 bits per heavy atom. The molecule has 0 spiro atoms. The molecule has 3 nitrogen and oxygen atoms in total. The molecule has 3 aromatic rings. The monoisotopic (exact) mass is 376 g/mol. The number of hydrogen-bond acceptors (Lipinski definition) is 3. The van der Waals surface area contributed by atoms with Gasteiger partial charge in [-0.25, -0.2) is 9.18 Å². The highest BCUT2D eigenvalue weighted by Crippen LogP contribution is 2.28. The Kier molecular flexibility index (Phi) is 6.02. The summed E-state index contributed by atoms with van der Waals surface area (Å²) in [5, 5.41) is 9.55. The van der Waals surface area contributed by atoms with Gasteiger partial charge in [-0.1, -0.05) is 61.2 Å². The number of rotatable bonds is 6. The second-order valence-corrected chi connectivity index (χ2v) is 6.56. The Balaban J connectivity index is 1.87. The van der Waals surface area contributed by atoms with E-state index in [0.29, 0.717) is 16.7 Å². The van der Waals surface area contributed by atoms with Crippen molar-refractivity contribution in [1.82, 2.24) is 0 Å². The summed E-state index contributed by atoms with van der Waals surface area (Å²) in [6.07, 6.45) is 0. The normalized spacial score (nSPS) is 10.5. The Hall–Kier alpha value is -3.24. The molecule has 0 amide bonds. The third kappa shape index (κ3) is 4.35. The molecule has 0 aliphatic rings. The summed E-state index contributed by atoms with van der Waals surface area (Å²) in [5.41, 5.74) is 4.96. The van der Waals surface area contributed by atoms with Gasteiger partial charge in [0.15, 0.2) is 0 Å². The Morgan fingerprint density at radius 3 is 2.25 bits per heavy atom. The van der Waals surface area contributed by atoms with Crippen molar-refractivity contribution in [2.75, 3.05) is 0 Å². The van der Waals surface area contributed by atoms with Gasteiger partial charge in [-0.15, -0.1) is 0 Å². The van der Waals surface area contributed by atoms with E-state index in [9.17, 15) is 14.3 Å². The summed E-state index contributed by atoms with van der Waals surface area (Å²) in [4.78, 5) is 11.7. The van der Waals surface area contributed by atoms with Crippen LogP contribution in [0.3, 0.4) is 0 Å². The summed E-state index contributed by atoms with van der Waals surface area (Å²) in [6, 6.07) is 19.8. The van der Waals surface area contributed by atoms with E-state index in [4.69, 9.17) is 4.74 Å². The predicted molar refractivity (Wildman–Crippen MR) is 108 cm³/mol. The fourth-order valence-electron chi connectivity index (χ4n) is 2.90. The van der Waals surface area contributed by atoms with Crippen molar-refractivity contribution in [2.24, 2.45) is 0 Å². The van der Waals surface area contributed by atoms with Crippen molar-refractivity contribution in [3.05, 3.63) is 95.8 Å². The van der Waals surface area contributed by atoms with Crippen molar-refractivity contribution in [3.8, 4) is 22.3 Å². The largest absolute Gasteiger partial charge is 0.457 e. The molecule has 0 aromatic heterocycles. The first-order valence-electron chi connectivity index (χ1n) is 8.90. The average molecular weight is 376 g/mol. The molecule has 0 bridgehead atoms. The Bertz CT molecular complexity index is 1010. The van der Waals surface area contributed by atoms with E-state index in [1.54, 1.807) is 25.1 Å². The van der Waals surface area contributed by atoms with Gasteiger partial charge in [0.1, 0.15) is 12.4 Å². The van der Waals surface area contributed by atoms with Gasteiger partial charge in [-0.05, 0) is 46.9 Å². The van der Waals surface area contributed by atoms with Gasteiger partial charge < -0.3 is 9.84 Å². The molecule has 0 aliphatic carbocycles. The summed E-state index contributed by atoms with van der Waals surface area (Å²) < 4.78 is 19.2. The number of aliphatic hydroxyl groups excluding tert-OH is 1. The topological polar surface area (TPSA) is 46.5 Å². The molecule has 0 aliphatic heterocycles. The lowest BCUT2D eigenvalue weighted by Gasteiger charge is -2.12. The number of aliphatic hydroxyl groups is 1. The molecule has 4 heteroatoms. The highest BCUT2D eigenvalue weighted by atomic mass is 19.1. The van der Waals surface area contributed by atoms with Gasteiger partial charge in [0.25, 0.3) is 0 Å². The van der Waals surface area contributed by atoms with Gasteiger partial charge in [-0.3, -0.25) is 0 Å². The SMILES string of the molecule is C=C(C)C(=O)OCc1cc(-c2ccc(-c3ccccc3F)cc2)ccc1CO. The summed E-state index contributed by atoms with van der Waals surface area (Å²) in [5.74, 6) is -0.729. The Morgan fingerprint density at radius 2 is 1.61 bits per heavy atom. The van der Waals surface area contributed by atoms with Crippen LogP contribution in [0.2, 0.25) is 0 Å². The molecular weight excluding hydrogens is 355 g/mol. The minimum atomic E-state index is -0.469. The maximum atomic E-state index is 14.0. The third-order valence-electron chi connectivity index (χ3n) is 4.49. The van der Waals surface area contributed by atoms with Crippen LogP contribution in [-0.4, -0.2) is 11.1 Å². The van der Waals surface area contributed by atoms with Crippen LogP contribution in [0.5, 0.6) is 0 Å². The zero-order chi connectivity index (χ0) is 20.1. The van der Waals surface area contributed by atoms with E-state index in [1.165, 1.54) is 6.07 Å². The smallest absolute Gasteiger partial charge is 0.333 e. The van der Waals surface area contributed by atoms with Crippen LogP contribution in [0.15, 0.2) is 78.9 Å². The molecule has 0 saturated carbocycles. The first kappa shape index (κ1) is 19.5. The number of benzene rings is 3. The van der Waals surface area contributed by atoms with Crippen LogP contribution in [0.1, 0.15) is 18.1 Å². The minimum Gasteiger partial charge on any atom is -0.457 e. The molecule has 0 unspecified atom stereocenters. The average Bonchev–Trinajstić information content (AvgIpc) is 2.72. The molecular formula is C24H21FO3. The van der Waals surface area contributed by atoms with E-state index >= 15 is 0 Å². The molecule has 0 heterocycles. The number of carbonyl (C=O) groups is 1. The first-order chi connectivity index (χ1) is 13.5. The Labute approximate surface area is 163 Å². The summed E-state index contributed by atoms with van der Waals surface area (Å²) >= 11 is 0. The quantitative estimate of drug-likeness (QED) is 0.471. The maximum absolute atomic E-state index is 14.0. The number of esters is 1. The van der Waals surface area contributed by atoms with Crippen LogP contribution in [-0.2, 0) is 22.7 Å². The molecule has 3 aromatic carbocycles. The number of hydrogen-bond donors (Lipinski definition) is 1. The molecule has 0 atom stereocenters. The van der Waals surface area contributed by atoms with E-state index in [2.05, 4.69) is 6.58 Å². The molecule has 142 valence electrons. The maximum Gasteiger partial charge on any atom is 0.333 e. The lowest BCUT2D eigenvalue weighted by atomic mass is 9.97. The van der Waals surface area contributed by atoms with Crippen molar-refractivity contribution in [3.63, 3.8) is 0 Å². The van der Waals surface area contributed by atoms with Gasteiger partial charge in [-0.2, -0.15) is 0 Å². The lowest BCUT2D eigenvalue weighted by molar-refractivity contribution is -0.140. The van der Waals surface area contributed by atoms with Crippen molar-refractivity contribution in [1.29, 1.82) is 0 Å². The van der Waals surface area contributed by atoms with E-state index in [1.807, 2.05) is 42.5 Å². The minimum absolute atomic E-state index is 0.0583. The van der Waals surface area contributed by atoms with Crippen LogP contribution in [0.4, 0.5) is 4.39 Å². The summed E-state index contributed by atoms with van der Waals surface area (Å²) in [7, 11) is 0. The zero-order valence-electron chi connectivity index (χ0n) is 15.6. The van der Waals surface area contributed by atoms with Crippen molar-refractivity contribution < 1.29 is 19.0 Å². The van der Waals surface area contributed by atoms with Crippen LogP contribution >= 0.6 is 0 Å². The number of carbonyl (C=O) groups excluding carboxylic acids is 1. The van der Waals surface area contributed by atoms with Gasteiger partial charge >= 0.3 is 5.97 Å². The number of halogens is 1. The fourth-order valence-corrected chi connectivity index (χ4v) is 2.90. The molecule has 3 rings (SSSR count). The summed E-state index contributed by atoms with van der Waals surface area (Å²) in [6.45, 7) is 5.06. The van der Waals surface area contributed by atoms with E-state index in [-0.39, 0.29) is 19.0 Å². The first-order valence-corrected chi connectivity index (χ1v) is 8.90. The zero-order valence-corrected chi connectivity index (χ0v) is 15.6. The van der Waals surface area contributed by atoms with Crippen LogP contribution in [0.25, 0.3) is 22.3 Å². The third-order valence-corrected chi connectivity index (χ3v) is 4.49. The highest BCUT2D eigenvalue weighted by molar-refractivity contribution is 5.87. The molecule has 0 fully saturated rings. The predicted octanol–water partition coefficient (Wildman–Crippen LogP) is 5.27. The van der Waals surface area contributed by atoms with E-state index < -0.39 is 5.97 Å². The highest BCUT2D eigenvalue weighted by Gasteiger charge is 2.10. The standard InChI is InChI=1S/C24H21FO3/c1-16(2)24(27)28-15-21-13-19(11-12-20(21)14-26)17-7-9-18(10-8-17)22-5-3-4-6-23(22)25/h3-13,26H,1,14-15H2,2H3. The molecule has 0 saturated heterocycles. The second-order valence-electron chi connectivity index (χ2n) is 6.56. The molecule has 28 heavy (non-hydrogen) atoms. The number of ether oxygens (including phenoxy) is 1. The lowest BCUT2D eigenvalue weighted by Crippen LogP contribution is -2.06. The van der Waals surface area contributed by atoms with Crippen LogP contribution < -0.4 is 0 Å². The van der Waals surface area contributed by atoms with Crippen molar-refractivity contribution >= 4 is 5.97 Å². The molecule has 0 radical (unpaired) electrons. The molecule has 1 N–H and O–H groups in total. The van der Waals surface area contributed by atoms with E-state index in [0.717, 1.165) is 22.3 Å². The van der Waals surface area contributed by atoms with Crippen molar-refractivity contribution in [2.45, 2.75) is 20.1 Å². The van der Waals surface area contributed by atoms with Crippen LogP contribution in [0, 0.1) is 5.82 Å².